The van der Waals surface area contributed by atoms with Crippen LogP contribution in [0.25, 0.3) is 10.2 Å². The number of rotatable bonds is 7. The van der Waals surface area contributed by atoms with E-state index >= 15 is 0 Å². The molecule has 0 bridgehead atoms. The summed E-state index contributed by atoms with van der Waals surface area (Å²) in [5.74, 6) is 1.09. The first-order valence-electron chi connectivity index (χ1n) is 10.9. The largest absolute Gasteiger partial charge is 0.351 e. The quantitative estimate of drug-likeness (QED) is 0.260. The summed E-state index contributed by atoms with van der Waals surface area (Å²) in [5.41, 5.74) is 3.90. The lowest BCUT2D eigenvalue weighted by molar-refractivity contribution is 0.699. The normalized spacial score (nSPS) is 13.3. The molecule has 158 valence electrons. The molecule has 5 rings (SSSR count). The number of hydrogen-bond acceptors (Lipinski definition) is 6. The van der Waals surface area contributed by atoms with Crippen LogP contribution < -0.4 is 4.90 Å². The van der Waals surface area contributed by atoms with E-state index in [0.717, 1.165) is 47.4 Å². The number of hydrogen-bond donors (Lipinski definition) is 0. The van der Waals surface area contributed by atoms with Gasteiger partial charge in [0, 0.05) is 36.3 Å². The number of thioether (sulfide) groups is 1. The van der Waals surface area contributed by atoms with Gasteiger partial charge in [-0.3, -0.25) is 4.98 Å². The summed E-state index contributed by atoms with van der Waals surface area (Å²) in [6.07, 6.45) is 9.69. The molecule has 1 aliphatic carbocycles. The Bertz CT molecular complexity index is 1160. The Morgan fingerprint density at radius 3 is 2.65 bits per heavy atom. The molecule has 4 aromatic rings. The van der Waals surface area contributed by atoms with Crippen LogP contribution in [-0.2, 0) is 25.8 Å². The summed E-state index contributed by atoms with van der Waals surface area (Å²) < 4.78 is 0. The Kier molecular flexibility index (Phi) is 6.18. The van der Waals surface area contributed by atoms with Gasteiger partial charge in [0.1, 0.15) is 10.6 Å². The molecule has 0 spiro atoms. The third kappa shape index (κ3) is 4.46. The molecule has 0 aliphatic heterocycles. The minimum Gasteiger partial charge on any atom is -0.351 e. The Morgan fingerprint density at radius 2 is 1.84 bits per heavy atom. The van der Waals surface area contributed by atoms with E-state index in [2.05, 4.69) is 58.6 Å². The molecule has 0 unspecified atom stereocenters. The molecule has 1 aromatic carbocycles. The maximum Gasteiger partial charge on any atom is 0.190 e. The fourth-order valence-electron chi connectivity index (χ4n) is 4.30. The third-order valence-electron chi connectivity index (χ3n) is 5.84. The smallest absolute Gasteiger partial charge is 0.190 e. The number of benzene rings is 1. The second-order valence-corrected chi connectivity index (χ2v) is 9.76. The Hall–Kier alpha value is -2.44. The van der Waals surface area contributed by atoms with E-state index < -0.39 is 0 Å². The second-order valence-electron chi connectivity index (χ2n) is 7.90. The van der Waals surface area contributed by atoms with Gasteiger partial charge in [-0.1, -0.05) is 48.2 Å². The summed E-state index contributed by atoms with van der Waals surface area (Å²) in [7, 11) is 0. The van der Waals surface area contributed by atoms with Crippen molar-refractivity contribution in [3.8, 4) is 0 Å². The predicted molar refractivity (Wildman–Crippen MR) is 131 cm³/mol. The van der Waals surface area contributed by atoms with E-state index in [1.165, 1.54) is 40.7 Å². The van der Waals surface area contributed by atoms with Gasteiger partial charge in [-0.25, -0.2) is 9.97 Å². The van der Waals surface area contributed by atoms with Crippen molar-refractivity contribution >= 4 is 39.1 Å². The maximum absolute atomic E-state index is 5.07. The maximum atomic E-state index is 5.07. The SMILES string of the molecule is CSc1nc(N(CCc2ccccn2)Cc2ccccc2)c2c3c(sc2n1)CCCC3. The van der Waals surface area contributed by atoms with Crippen LogP contribution in [-0.4, -0.2) is 27.8 Å². The van der Waals surface area contributed by atoms with Crippen LogP contribution >= 0.6 is 23.1 Å². The highest BCUT2D eigenvalue weighted by Crippen LogP contribution is 2.40. The van der Waals surface area contributed by atoms with E-state index in [4.69, 9.17) is 9.97 Å². The van der Waals surface area contributed by atoms with Gasteiger partial charge in [0.25, 0.3) is 0 Å². The number of aryl methyl sites for hydroxylation is 2. The average molecular weight is 447 g/mol. The van der Waals surface area contributed by atoms with Crippen LogP contribution in [0, 0.1) is 0 Å². The summed E-state index contributed by atoms with van der Waals surface area (Å²) in [6.45, 7) is 1.70. The first-order chi connectivity index (χ1) is 15.3. The van der Waals surface area contributed by atoms with Gasteiger partial charge >= 0.3 is 0 Å². The van der Waals surface area contributed by atoms with Crippen molar-refractivity contribution in [2.75, 3.05) is 17.7 Å². The fraction of sp³-hybridized carbons (Fsp3) is 0.320. The zero-order valence-electron chi connectivity index (χ0n) is 17.8. The molecule has 0 fully saturated rings. The van der Waals surface area contributed by atoms with Crippen molar-refractivity contribution in [1.29, 1.82) is 0 Å². The highest BCUT2D eigenvalue weighted by atomic mass is 32.2. The van der Waals surface area contributed by atoms with E-state index in [-0.39, 0.29) is 0 Å². The molecular formula is C25H26N4S2. The lowest BCUT2D eigenvalue weighted by Crippen LogP contribution is -2.27. The lowest BCUT2D eigenvalue weighted by atomic mass is 9.97. The molecule has 0 atom stereocenters. The number of nitrogens with zero attached hydrogens (tertiary/aromatic N) is 4. The molecule has 0 saturated heterocycles. The van der Waals surface area contributed by atoms with Crippen molar-refractivity contribution in [2.24, 2.45) is 0 Å². The summed E-state index contributed by atoms with van der Waals surface area (Å²) in [6, 6.07) is 16.8. The number of fused-ring (bicyclic) bond motifs is 3. The van der Waals surface area contributed by atoms with Crippen molar-refractivity contribution in [3.63, 3.8) is 0 Å². The van der Waals surface area contributed by atoms with Crippen LogP contribution in [0.15, 0.2) is 59.9 Å². The first-order valence-corrected chi connectivity index (χ1v) is 12.9. The van der Waals surface area contributed by atoms with Gasteiger partial charge < -0.3 is 4.90 Å². The minimum absolute atomic E-state index is 0.832. The standard InChI is InChI=1S/C25H26N4S2/c1-30-25-27-23(22-20-12-5-6-13-21(20)31-24(22)28-25)29(17-18-9-3-2-4-10-18)16-14-19-11-7-8-15-26-19/h2-4,7-11,15H,5-6,12-14,16-17H2,1H3. The van der Waals surface area contributed by atoms with Crippen molar-refractivity contribution < 1.29 is 0 Å². The molecular weight excluding hydrogens is 420 g/mol. The third-order valence-corrected chi connectivity index (χ3v) is 7.57. The number of anilines is 1. The Labute approximate surface area is 191 Å². The van der Waals surface area contributed by atoms with Crippen LogP contribution in [0.2, 0.25) is 0 Å². The van der Waals surface area contributed by atoms with Crippen molar-refractivity contribution in [2.45, 2.75) is 43.8 Å². The van der Waals surface area contributed by atoms with Gasteiger partial charge in [-0.2, -0.15) is 0 Å². The summed E-state index contributed by atoms with van der Waals surface area (Å²) in [5, 5.41) is 2.14. The molecule has 4 nitrogen and oxygen atoms in total. The van der Waals surface area contributed by atoms with E-state index in [1.54, 1.807) is 11.8 Å². The van der Waals surface area contributed by atoms with Gasteiger partial charge in [-0.15, -0.1) is 11.3 Å². The number of thiophene rings is 1. The van der Waals surface area contributed by atoms with E-state index in [0.29, 0.717) is 0 Å². The zero-order valence-corrected chi connectivity index (χ0v) is 19.4. The van der Waals surface area contributed by atoms with Crippen molar-refractivity contribution in [3.05, 3.63) is 76.4 Å². The van der Waals surface area contributed by atoms with Gasteiger partial charge in [0.15, 0.2) is 5.16 Å². The number of pyridine rings is 1. The van der Waals surface area contributed by atoms with Crippen molar-refractivity contribution in [1.82, 2.24) is 15.0 Å². The van der Waals surface area contributed by atoms with Crippen LogP contribution in [0.5, 0.6) is 0 Å². The van der Waals surface area contributed by atoms with E-state index in [9.17, 15) is 0 Å². The topological polar surface area (TPSA) is 41.9 Å². The van der Waals surface area contributed by atoms with Gasteiger partial charge in [-0.05, 0) is 55.2 Å². The molecule has 6 heteroatoms. The minimum atomic E-state index is 0.832. The fourth-order valence-corrected chi connectivity index (χ4v) is 5.97. The number of aromatic nitrogens is 3. The highest BCUT2D eigenvalue weighted by molar-refractivity contribution is 7.98. The predicted octanol–water partition coefficient (Wildman–Crippen LogP) is 5.94. The Balaban J connectivity index is 1.59. The molecule has 31 heavy (non-hydrogen) atoms. The molecule has 1 aliphatic rings. The van der Waals surface area contributed by atoms with Crippen LogP contribution in [0.1, 0.15) is 34.5 Å². The average Bonchev–Trinajstić information content (AvgIpc) is 3.21. The molecule has 0 radical (unpaired) electrons. The molecule has 0 N–H and O–H groups in total. The summed E-state index contributed by atoms with van der Waals surface area (Å²) >= 11 is 3.51. The second kappa shape index (κ2) is 9.37. The molecule has 3 aromatic heterocycles. The monoisotopic (exact) mass is 446 g/mol. The van der Waals surface area contributed by atoms with Gasteiger partial charge in [0.2, 0.25) is 0 Å². The highest BCUT2D eigenvalue weighted by Gasteiger charge is 2.24. The zero-order chi connectivity index (χ0) is 21.0. The molecule has 0 saturated carbocycles. The summed E-state index contributed by atoms with van der Waals surface area (Å²) in [4.78, 5) is 19.6. The van der Waals surface area contributed by atoms with Crippen LogP contribution in [0.4, 0.5) is 5.82 Å². The molecule has 3 heterocycles. The Morgan fingerprint density at radius 1 is 1.00 bits per heavy atom. The van der Waals surface area contributed by atoms with Crippen LogP contribution in [0.3, 0.4) is 0 Å². The first kappa shape index (κ1) is 20.5. The molecule has 0 amide bonds. The van der Waals surface area contributed by atoms with E-state index in [1.807, 2.05) is 23.6 Å². The lowest BCUT2D eigenvalue weighted by Gasteiger charge is -2.26. The van der Waals surface area contributed by atoms with Gasteiger partial charge in [0.05, 0.1) is 5.39 Å².